The van der Waals surface area contributed by atoms with Gasteiger partial charge in [0.15, 0.2) is 0 Å². The van der Waals surface area contributed by atoms with E-state index in [9.17, 15) is 9.90 Å². The van der Waals surface area contributed by atoms with Gasteiger partial charge in [0.2, 0.25) is 5.95 Å². The Morgan fingerprint density at radius 2 is 1.94 bits per heavy atom. The van der Waals surface area contributed by atoms with Crippen LogP contribution in [-0.4, -0.2) is 64.6 Å². The van der Waals surface area contributed by atoms with Gasteiger partial charge >= 0.3 is 6.03 Å². The lowest BCUT2D eigenvalue weighted by Crippen LogP contribution is -2.32. The number of anilines is 4. The molecule has 9 nitrogen and oxygen atoms in total. The molecule has 0 bridgehead atoms. The van der Waals surface area contributed by atoms with Crippen molar-refractivity contribution in [3.8, 4) is 0 Å². The molecule has 1 saturated heterocycles. The molecule has 1 fully saturated rings. The highest BCUT2D eigenvalue weighted by Crippen LogP contribution is 2.22. The summed E-state index contributed by atoms with van der Waals surface area (Å²) in [5.41, 5.74) is 4.57. The second-order valence-electron chi connectivity index (χ2n) is 9.14. The number of carbonyl (C=O) groups excluding carboxylic acids is 1. The van der Waals surface area contributed by atoms with Gasteiger partial charge in [-0.05, 0) is 54.6 Å². The first-order valence-electron chi connectivity index (χ1n) is 12.3. The zero-order chi connectivity index (χ0) is 24.9. The molecular formula is C26H30BN7O2. The largest absolute Gasteiger partial charge is 0.394 e. The first kappa shape index (κ1) is 23.7. The second-order valence-corrected chi connectivity index (χ2v) is 9.14. The Morgan fingerprint density at radius 3 is 2.78 bits per heavy atom. The van der Waals surface area contributed by atoms with E-state index in [0.717, 1.165) is 53.5 Å². The number of nitrogens with one attached hydrogen (secondary N) is 4. The van der Waals surface area contributed by atoms with E-state index in [1.54, 1.807) is 6.20 Å². The van der Waals surface area contributed by atoms with Crippen molar-refractivity contribution in [2.45, 2.75) is 25.3 Å². The topological polar surface area (TPSA) is 118 Å². The molecular weight excluding hydrogens is 453 g/mol. The molecule has 184 valence electrons. The van der Waals surface area contributed by atoms with Crippen molar-refractivity contribution in [3.05, 3.63) is 66.5 Å². The number of aliphatic hydroxyl groups excluding tert-OH is 1. The third-order valence-electron chi connectivity index (χ3n) is 6.44. The van der Waals surface area contributed by atoms with Crippen LogP contribution in [0.25, 0.3) is 10.9 Å². The molecule has 5 N–H and O–H groups in total. The lowest BCUT2D eigenvalue weighted by Gasteiger charge is -2.19. The third kappa shape index (κ3) is 5.44. The summed E-state index contributed by atoms with van der Waals surface area (Å²) < 4.78 is 0. The van der Waals surface area contributed by atoms with Gasteiger partial charge in [-0.2, -0.15) is 4.98 Å². The molecule has 1 atom stereocenters. The molecule has 1 aliphatic rings. The third-order valence-corrected chi connectivity index (χ3v) is 6.44. The van der Waals surface area contributed by atoms with E-state index in [1.807, 2.05) is 61.4 Å². The number of aromatic nitrogens is 3. The number of urea groups is 1. The van der Waals surface area contributed by atoms with Gasteiger partial charge in [0.1, 0.15) is 13.7 Å². The SMILES string of the molecule is Bc1cnc(Nc2cccc(NC(=O)N3CCCC3)c2)nc1NC(CO)Cc1c[nH]c2ccccc12. The maximum Gasteiger partial charge on any atom is 0.321 e. The van der Waals surface area contributed by atoms with Crippen LogP contribution in [0.3, 0.4) is 0 Å². The van der Waals surface area contributed by atoms with Crippen molar-refractivity contribution in [2.75, 3.05) is 35.6 Å². The molecule has 1 unspecified atom stereocenters. The maximum absolute atomic E-state index is 12.4. The molecule has 5 rings (SSSR count). The van der Waals surface area contributed by atoms with Crippen molar-refractivity contribution >= 4 is 53.4 Å². The fourth-order valence-corrected chi connectivity index (χ4v) is 4.50. The molecule has 1 aliphatic heterocycles. The Hall–Kier alpha value is -4.05. The second kappa shape index (κ2) is 10.7. The number of benzene rings is 2. The number of carbonyl (C=O) groups is 1. The van der Waals surface area contributed by atoms with Crippen molar-refractivity contribution in [1.82, 2.24) is 19.9 Å². The van der Waals surface area contributed by atoms with Gasteiger partial charge in [0, 0.05) is 47.8 Å². The van der Waals surface area contributed by atoms with Crippen LogP contribution in [0.2, 0.25) is 0 Å². The predicted molar refractivity (Wildman–Crippen MR) is 146 cm³/mol. The average Bonchev–Trinajstić information content (AvgIpc) is 3.57. The quantitative estimate of drug-likeness (QED) is 0.246. The number of likely N-dealkylation sites (tertiary alicyclic amines) is 1. The number of hydrogen-bond acceptors (Lipinski definition) is 6. The monoisotopic (exact) mass is 483 g/mol. The van der Waals surface area contributed by atoms with Gasteiger partial charge in [-0.3, -0.25) is 0 Å². The Labute approximate surface area is 210 Å². The number of fused-ring (bicyclic) bond motifs is 1. The van der Waals surface area contributed by atoms with E-state index in [2.05, 4.69) is 37.0 Å². The first-order valence-corrected chi connectivity index (χ1v) is 12.3. The molecule has 3 heterocycles. The summed E-state index contributed by atoms with van der Waals surface area (Å²) in [5, 5.41) is 20.8. The highest BCUT2D eigenvalue weighted by molar-refractivity contribution is 6.35. The van der Waals surface area contributed by atoms with E-state index < -0.39 is 0 Å². The van der Waals surface area contributed by atoms with Crippen LogP contribution in [0.1, 0.15) is 18.4 Å². The smallest absolute Gasteiger partial charge is 0.321 e. The lowest BCUT2D eigenvalue weighted by molar-refractivity contribution is 0.222. The molecule has 0 saturated carbocycles. The van der Waals surface area contributed by atoms with Gasteiger partial charge in [-0.15, -0.1) is 0 Å². The predicted octanol–water partition coefficient (Wildman–Crippen LogP) is 2.60. The normalized spacial score (nSPS) is 14.1. The molecule has 0 aliphatic carbocycles. The first-order chi connectivity index (χ1) is 17.6. The number of amides is 2. The lowest BCUT2D eigenvalue weighted by atomic mass is 9.98. The van der Waals surface area contributed by atoms with E-state index in [1.165, 1.54) is 0 Å². The maximum atomic E-state index is 12.4. The highest BCUT2D eigenvalue weighted by atomic mass is 16.3. The van der Waals surface area contributed by atoms with Crippen LogP contribution in [0, 0.1) is 0 Å². The number of H-pyrrole nitrogens is 1. The summed E-state index contributed by atoms with van der Waals surface area (Å²) in [4.78, 5) is 26.6. The van der Waals surface area contributed by atoms with Crippen LogP contribution < -0.4 is 21.4 Å². The van der Waals surface area contributed by atoms with E-state index in [0.29, 0.717) is 23.9 Å². The average molecular weight is 483 g/mol. The molecule has 0 radical (unpaired) electrons. The summed E-state index contributed by atoms with van der Waals surface area (Å²) in [6.07, 6.45) is 6.48. The van der Waals surface area contributed by atoms with Gasteiger partial charge < -0.3 is 30.9 Å². The Bertz CT molecular complexity index is 1350. The van der Waals surface area contributed by atoms with E-state index in [-0.39, 0.29) is 18.7 Å². The molecule has 10 heteroatoms. The summed E-state index contributed by atoms with van der Waals surface area (Å²) in [7, 11) is 1.93. The fraction of sp³-hybridized carbons (Fsp3) is 0.269. The Morgan fingerprint density at radius 1 is 1.14 bits per heavy atom. The summed E-state index contributed by atoms with van der Waals surface area (Å²) >= 11 is 0. The minimum Gasteiger partial charge on any atom is -0.394 e. The summed E-state index contributed by atoms with van der Waals surface area (Å²) in [6, 6.07) is 15.3. The van der Waals surface area contributed by atoms with Gasteiger partial charge in [-0.25, -0.2) is 9.78 Å². The molecule has 36 heavy (non-hydrogen) atoms. The molecule has 4 aromatic rings. The zero-order valence-corrected chi connectivity index (χ0v) is 20.3. The van der Waals surface area contributed by atoms with E-state index >= 15 is 0 Å². The van der Waals surface area contributed by atoms with Crippen molar-refractivity contribution in [2.24, 2.45) is 0 Å². The standard InChI is InChI=1S/C26H30BN7O2/c27-22-15-29-25(31-18-6-5-7-19(13-18)32-26(36)34-10-3-4-11-34)33-24(22)30-20(16-35)12-17-14-28-23-9-2-1-8-21(17)23/h1-2,5-9,13-15,20,28,35H,3-4,10-12,16,27H2,(H,32,36)(H2,29,30,31,33). The van der Waals surface area contributed by atoms with E-state index in [4.69, 9.17) is 0 Å². The van der Waals surface area contributed by atoms with Gasteiger partial charge in [0.25, 0.3) is 0 Å². The molecule has 2 amide bonds. The Kier molecular flexibility index (Phi) is 7.04. The minimum atomic E-state index is -0.213. The van der Waals surface area contributed by atoms with Crippen molar-refractivity contribution in [1.29, 1.82) is 0 Å². The fourth-order valence-electron chi connectivity index (χ4n) is 4.50. The van der Waals surface area contributed by atoms with Crippen LogP contribution in [-0.2, 0) is 6.42 Å². The van der Waals surface area contributed by atoms with Crippen LogP contribution in [0.15, 0.2) is 60.9 Å². The van der Waals surface area contributed by atoms with Crippen molar-refractivity contribution in [3.63, 3.8) is 0 Å². The van der Waals surface area contributed by atoms with Crippen LogP contribution >= 0.6 is 0 Å². The molecule has 0 spiro atoms. The number of rotatable bonds is 8. The number of aliphatic hydroxyl groups is 1. The molecule has 2 aromatic carbocycles. The number of aromatic amines is 1. The molecule has 2 aromatic heterocycles. The minimum absolute atomic E-state index is 0.0372. The van der Waals surface area contributed by atoms with Crippen molar-refractivity contribution < 1.29 is 9.90 Å². The summed E-state index contributed by atoms with van der Waals surface area (Å²) in [6.45, 7) is 1.56. The highest BCUT2D eigenvalue weighted by Gasteiger charge is 2.18. The Balaban J connectivity index is 1.27. The number of nitrogens with zero attached hydrogens (tertiary/aromatic N) is 3. The van der Waals surface area contributed by atoms with Gasteiger partial charge in [0.05, 0.1) is 12.6 Å². The van der Waals surface area contributed by atoms with Gasteiger partial charge in [-0.1, -0.05) is 24.3 Å². The van der Waals surface area contributed by atoms with Crippen LogP contribution in [0.4, 0.5) is 27.9 Å². The summed E-state index contributed by atoms with van der Waals surface area (Å²) in [5.74, 6) is 1.08. The van der Waals surface area contributed by atoms with Crippen LogP contribution in [0.5, 0.6) is 0 Å². The zero-order valence-electron chi connectivity index (χ0n) is 20.3. The number of hydrogen-bond donors (Lipinski definition) is 5. The number of para-hydroxylation sites is 1.